The van der Waals surface area contributed by atoms with Gasteiger partial charge in [-0.3, -0.25) is 4.79 Å². The topological polar surface area (TPSA) is 37.3 Å². The Morgan fingerprint density at radius 3 is 2.17 bits per heavy atom. The number of aryl methyl sites for hydroxylation is 1. The lowest BCUT2D eigenvalue weighted by Gasteiger charge is -2.13. The van der Waals surface area contributed by atoms with Crippen LogP contribution in [0.15, 0.2) is 12.1 Å². The van der Waals surface area contributed by atoms with Crippen molar-refractivity contribution in [3.63, 3.8) is 0 Å². The van der Waals surface area contributed by atoms with Crippen molar-refractivity contribution in [2.75, 3.05) is 0 Å². The van der Waals surface area contributed by atoms with Crippen LogP contribution in [0.25, 0.3) is 0 Å². The first-order valence-corrected chi connectivity index (χ1v) is 9.79. The maximum absolute atomic E-state index is 12.2. The van der Waals surface area contributed by atoms with E-state index in [0.29, 0.717) is 24.4 Å². The van der Waals surface area contributed by atoms with Crippen LogP contribution in [0.4, 0.5) is 0 Å². The van der Waals surface area contributed by atoms with E-state index in [2.05, 4.69) is 20.8 Å². The van der Waals surface area contributed by atoms with Crippen molar-refractivity contribution >= 4 is 5.78 Å². The first kappa shape index (κ1) is 20.7. The molecule has 1 rings (SSSR count). The minimum Gasteiger partial charge on any atom is -0.508 e. The van der Waals surface area contributed by atoms with Gasteiger partial charge in [-0.05, 0) is 42.0 Å². The van der Waals surface area contributed by atoms with Crippen LogP contribution in [0.5, 0.6) is 5.75 Å². The smallest absolute Gasteiger partial charge is 0.137 e. The van der Waals surface area contributed by atoms with Gasteiger partial charge in [-0.1, -0.05) is 71.8 Å². The van der Waals surface area contributed by atoms with E-state index >= 15 is 0 Å². The highest BCUT2D eigenvalue weighted by Gasteiger charge is 2.12. The summed E-state index contributed by atoms with van der Waals surface area (Å²) >= 11 is 0. The van der Waals surface area contributed by atoms with Crippen molar-refractivity contribution in [3.05, 3.63) is 28.8 Å². The Labute approximate surface area is 148 Å². The number of hydrogen-bond acceptors (Lipinski definition) is 2. The molecule has 0 atom stereocenters. The van der Waals surface area contributed by atoms with Crippen LogP contribution in [-0.4, -0.2) is 10.9 Å². The standard InChI is InChI=1S/C22H36O2/c1-5-6-7-8-9-10-11-12-13-20(23)15-19-16-21(17(2)3)22(24)14-18(19)4/h14,16-17,24H,5-13,15H2,1-4H3. The summed E-state index contributed by atoms with van der Waals surface area (Å²) in [5.74, 6) is 0.943. The van der Waals surface area contributed by atoms with E-state index in [9.17, 15) is 9.90 Å². The van der Waals surface area contributed by atoms with Crippen LogP contribution < -0.4 is 0 Å². The minimum absolute atomic E-state index is 0.271. The summed E-state index contributed by atoms with van der Waals surface area (Å²) in [5.41, 5.74) is 3.03. The lowest BCUT2D eigenvalue weighted by Crippen LogP contribution is -2.05. The first-order chi connectivity index (χ1) is 11.5. The van der Waals surface area contributed by atoms with E-state index in [4.69, 9.17) is 0 Å². The van der Waals surface area contributed by atoms with E-state index in [-0.39, 0.29) is 5.92 Å². The zero-order valence-electron chi connectivity index (χ0n) is 16.2. The van der Waals surface area contributed by atoms with Crippen molar-refractivity contribution in [2.45, 2.75) is 97.8 Å². The minimum atomic E-state index is 0.271. The average molecular weight is 333 g/mol. The lowest BCUT2D eigenvalue weighted by molar-refractivity contribution is -0.118. The highest BCUT2D eigenvalue weighted by Crippen LogP contribution is 2.29. The molecule has 0 aromatic heterocycles. The van der Waals surface area contributed by atoms with Gasteiger partial charge < -0.3 is 5.11 Å². The number of aromatic hydroxyl groups is 1. The molecule has 0 radical (unpaired) electrons. The van der Waals surface area contributed by atoms with Crippen LogP contribution in [0.3, 0.4) is 0 Å². The third kappa shape index (κ3) is 7.51. The molecule has 0 aliphatic rings. The summed E-state index contributed by atoms with van der Waals surface area (Å²) in [7, 11) is 0. The summed E-state index contributed by atoms with van der Waals surface area (Å²) in [6, 6.07) is 3.81. The normalized spacial score (nSPS) is 11.2. The molecule has 0 amide bonds. The van der Waals surface area contributed by atoms with Crippen molar-refractivity contribution < 1.29 is 9.90 Å². The molecule has 0 aliphatic carbocycles. The van der Waals surface area contributed by atoms with Gasteiger partial charge in [-0.2, -0.15) is 0 Å². The van der Waals surface area contributed by atoms with Crippen molar-refractivity contribution in [1.82, 2.24) is 0 Å². The van der Waals surface area contributed by atoms with Gasteiger partial charge in [0.2, 0.25) is 0 Å². The molecule has 2 heteroatoms. The Bertz CT molecular complexity index is 503. The SMILES string of the molecule is CCCCCCCCCCC(=O)Cc1cc(C(C)C)c(O)cc1C. The van der Waals surface area contributed by atoms with Gasteiger partial charge in [0.25, 0.3) is 0 Å². The molecule has 2 nitrogen and oxygen atoms in total. The molecule has 24 heavy (non-hydrogen) atoms. The third-order valence-corrected chi connectivity index (χ3v) is 4.80. The summed E-state index contributed by atoms with van der Waals surface area (Å²) in [5, 5.41) is 10.0. The van der Waals surface area contributed by atoms with Crippen molar-refractivity contribution in [2.24, 2.45) is 0 Å². The number of rotatable bonds is 12. The molecular formula is C22H36O2. The molecule has 0 heterocycles. The van der Waals surface area contributed by atoms with Crippen LogP contribution >= 0.6 is 0 Å². The second kappa shape index (κ2) is 11.3. The Morgan fingerprint density at radius 1 is 1.00 bits per heavy atom. The molecule has 1 aromatic rings. The number of carbonyl (C=O) groups excluding carboxylic acids is 1. The van der Waals surface area contributed by atoms with Gasteiger partial charge in [0.05, 0.1) is 0 Å². The zero-order chi connectivity index (χ0) is 17.9. The average Bonchev–Trinajstić information content (AvgIpc) is 2.52. The van der Waals surface area contributed by atoms with Crippen molar-refractivity contribution in [1.29, 1.82) is 0 Å². The number of phenolic OH excluding ortho intramolecular Hbond substituents is 1. The fourth-order valence-electron chi connectivity index (χ4n) is 3.17. The van der Waals surface area contributed by atoms with Crippen LogP contribution in [0.2, 0.25) is 0 Å². The molecule has 136 valence electrons. The Kier molecular flexibility index (Phi) is 9.75. The monoisotopic (exact) mass is 332 g/mol. The number of ketones is 1. The number of unbranched alkanes of at least 4 members (excludes halogenated alkanes) is 7. The Morgan fingerprint density at radius 2 is 1.58 bits per heavy atom. The molecule has 0 saturated carbocycles. The lowest BCUT2D eigenvalue weighted by atomic mass is 9.93. The molecule has 0 spiro atoms. The third-order valence-electron chi connectivity index (χ3n) is 4.80. The Hall–Kier alpha value is -1.31. The Balaban J connectivity index is 2.34. The summed E-state index contributed by atoms with van der Waals surface area (Å²) in [6.45, 7) is 8.35. The zero-order valence-corrected chi connectivity index (χ0v) is 16.2. The highest BCUT2D eigenvalue weighted by atomic mass is 16.3. The number of Topliss-reactive ketones (excluding diaryl/α,β-unsaturated/α-hetero) is 1. The number of carbonyl (C=O) groups is 1. The fraction of sp³-hybridized carbons (Fsp3) is 0.682. The molecule has 0 fully saturated rings. The van der Waals surface area contributed by atoms with E-state index in [1.54, 1.807) is 6.07 Å². The van der Waals surface area contributed by atoms with Gasteiger partial charge in [-0.15, -0.1) is 0 Å². The highest BCUT2D eigenvalue weighted by molar-refractivity contribution is 5.81. The predicted octanol–water partition coefficient (Wildman–Crippen LogP) is 6.47. The maximum atomic E-state index is 12.2. The second-order valence-corrected chi connectivity index (χ2v) is 7.43. The van der Waals surface area contributed by atoms with E-state index in [1.807, 2.05) is 13.0 Å². The molecule has 0 unspecified atom stereocenters. The molecule has 0 saturated heterocycles. The maximum Gasteiger partial charge on any atom is 0.137 e. The first-order valence-electron chi connectivity index (χ1n) is 9.79. The van der Waals surface area contributed by atoms with Gasteiger partial charge in [0.15, 0.2) is 0 Å². The van der Waals surface area contributed by atoms with Gasteiger partial charge in [0, 0.05) is 12.8 Å². The molecule has 0 bridgehead atoms. The van der Waals surface area contributed by atoms with Crippen LogP contribution in [-0.2, 0) is 11.2 Å². The quantitative estimate of drug-likeness (QED) is 0.446. The summed E-state index contributed by atoms with van der Waals surface area (Å²) in [6.07, 6.45) is 11.3. The number of phenols is 1. The molecular weight excluding hydrogens is 296 g/mol. The van der Waals surface area contributed by atoms with Crippen LogP contribution in [0.1, 0.15) is 101 Å². The van der Waals surface area contributed by atoms with Gasteiger partial charge in [0.1, 0.15) is 11.5 Å². The number of hydrogen-bond donors (Lipinski definition) is 1. The molecule has 1 N–H and O–H groups in total. The molecule has 1 aromatic carbocycles. The van der Waals surface area contributed by atoms with E-state index < -0.39 is 0 Å². The van der Waals surface area contributed by atoms with E-state index in [0.717, 1.165) is 23.1 Å². The summed E-state index contributed by atoms with van der Waals surface area (Å²) < 4.78 is 0. The fourth-order valence-corrected chi connectivity index (χ4v) is 3.17. The largest absolute Gasteiger partial charge is 0.508 e. The van der Waals surface area contributed by atoms with Gasteiger partial charge >= 0.3 is 0 Å². The predicted molar refractivity (Wildman–Crippen MR) is 103 cm³/mol. The van der Waals surface area contributed by atoms with E-state index in [1.165, 1.54) is 44.9 Å². The second-order valence-electron chi connectivity index (χ2n) is 7.43. The van der Waals surface area contributed by atoms with Crippen molar-refractivity contribution in [3.8, 4) is 5.75 Å². The van der Waals surface area contributed by atoms with Crippen LogP contribution in [0, 0.1) is 6.92 Å². The van der Waals surface area contributed by atoms with Gasteiger partial charge in [-0.25, -0.2) is 0 Å². The number of benzene rings is 1. The summed E-state index contributed by atoms with van der Waals surface area (Å²) in [4.78, 5) is 12.2. The molecule has 0 aliphatic heterocycles.